The van der Waals surface area contributed by atoms with Crippen LogP contribution in [0.25, 0.3) is 0 Å². The molecule has 2 N–H and O–H groups in total. The van der Waals surface area contributed by atoms with Crippen molar-refractivity contribution >= 4 is 35.0 Å². The van der Waals surface area contributed by atoms with E-state index in [1.807, 2.05) is 12.2 Å². The highest BCUT2D eigenvalue weighted by atomic mass is 35.5. The van der Waals surface area contributed by atoms with Gasteiger partial charge in [-0.1, -0.05) is 56.5 Å². The zero-order valence-electron chi connectivity index (χ0n) is 23.5. The number of likely N-dealkylation sites (tertiary alicyclic amines) is 2. The number of nitrogens with zero attached hydrogens (tertiary/aromatic N) is 2. The van der Waals surface area contributed by atoms with Crippen LogP contribution >= 0.6 is 11.6 Å². The number of fused-ring (bicyclic) bond motifs is 1. The Morgan fingerprint density at radius 2 is 1.90 bits per heavy atom. The monoisotopic (exact) mass is 568 g/mol. The van der Waals surface area contributed by atoms with Gasteiger partial charge >= 0.3 is 0 Å². The Bertz CT molecular complexity index is 1190. The highest BCUT2D eigenvalue weighted by Crippen LogP contribution is 2.55. The second kappa shape index (κ2) is 11.1. The summed E-state index contributed by atoms with van der Waals surface area (Å²) in [6, 6.07) is 6.24. The smallest absolute Gasteiger partial charge is 0.246 e. The van der Waals surface area contributed by atoms with Crippen molar-refractivity contribution in [2.75, 3.05) is 31.5 Å². The quantitative estimate of drug-likeness (QED) is 0.465. The maximum absolute atomic E-state index is 14.2. The fourth-order valence-electron chi connectivity index (χ4n) is 7.82. The van der Waals surface area contributed by atoms with Crippen LogP contribution in [0.3, 0.4) is 0 Å². The van der Waals surface area contributed by atoms with Crippen molar-refractivity contribution in [3.05, 3.63) is 41.4 Å². The van der Waals surface area contributed by atoms with Crippen LogP contribution < -0.4 is 10.6 Å². The molecular weight excluding hydrogens is 528 g/mol. The van der Waals surface area contributed by atoms with Crippen molar-refractivity contribution < 1.29 is 19.1 Å². The van der Waals surface area contributed by atoms with E-state index in [4.69, 9.17) is 16.3 Å². The standard InChI is InChI=1S/C31H41ClN4O4/c1-19-8-5-11-23(20(19)2)34-29(38)27-31-13-12-24(40-31)25(28(37)33-22-10-6-9-21(32)18-22)26(31)30(39)36(27)17-7-16-35-14-3-4-15-35/h6,9-10,12-13,18-20,23-27H,3-5,7-8,11,14-17H2,1-2H3,(H,33,37)(H,34,38)/t19-,20+,23+,24-,25-,26-,27+,31+/m1/s1. The number of hydrogen-bond donors (Lipinski definition) is 2. The summed E-state index contributed by atoms with van der Waals surface area (Å²) in [6.45, 7) is 7.98. The molecule has 1 aromatic rings. The Hall–Kier alpha value is -2.42. The van der Waals surface area contributed by atoms with E-state index >= 15 is 0 Å². The van der Waals surface area contributed by atoms with Crippen LogP contribution in [0, 0.1) is 23.7 Å². The van der Waals surface area contributed by atoms with Gasteiger partial charge in [0, 0.05) is 23.3 Å². The minimum Gasteiger partial charge on any atom is -0.359 e. The molecule has 5 aliphatic rings. The van der Waals surface area contributed by atoms with Gasteiger partial charge in [-0.25, -0.2) is 0 Å². The molecule has 0 unspecified atom stereocenters. The van der Waals surface area contributed by atoms with E-state index < -0.39 is 29.6 Å². The molecule has 4 heterocycles. The lowest BCUT2D eigenvalue weighted by molar-refractivity contribution is -0.141. The summed E-state index contributed by atoms with van der Waals surface area (Å²) in [7, 11) is 0. The summed E-state index contributed by atoms with van der Waals surface area (Å²) in [5.74, 6) is -1.18. The highest BCUT2D eigenvalue weighted by Gasteiger charge is 2.72. The molecule has 2 bridgehead atoms. The van der Waals surface area contributed by atoms with Gasteiger partial charge in [0.05, 0.1) is 17.9 Å². The predicted octanol–water partition coefficient (Wildman–Crippen LogP) is 3.86. The average molecular weight is 569 g/mol. The minimum absolute atomic E-state index is 0.0674. The van der Waals surface area contributed by atoms with Crippen molar-refractivity contribution in [3.63, 3.8) is 0 Å². The molecule has 0 radical (unpaired) electrons. The Morgan fingerprint density at radius 1 is 1.10 bits per heavy atom. The molecule has 3 saturated heterocycles. The van der Waals surface area contributed by atoms with E-state index in [2.05, 4.69) is 29.4 Å². The van der Waals surface area contributed by atoms with Crippen LogP contribution in [0.1, 0.15) is 52.4 Å². The van der Waals surface area contributed by atoms with E-state index in [0.29, 0.717) is 29.1 Å². The van der Waals surface area contributed by atoms with Crippen molar-refractivity contribution in [3.8, 4) is 0 Å². The molecular formula is C31H41ClN4O4. The van der Waals surface area contributed by atoms with Crippen LogP contribution in [0.5, 0.6) is 0 Å². The third-order valence-electron chi connectivity index (χ3n) is 10.1. The lowest BCUT2D eigenvalue weighted by Gasteiger charge is -2.38. The summed E-state index contributed by atoms with van der Waals surface area (Å²) in [5.41, 5.74) is -0.569. The van der Waals surface area contributed by atoms with E-state index in [-0.39, 0.29) is 23.8 Å². The first-order valence-corrected chi connectivity index (χ1v) is 15.4. The third kappa shape index (κ3) is 4.86. The van der Waals surface area contributed by atoms with Gasteiger partial charge in [-0.15, -0.1) is 0 Å². The van der Waals surface area contributed by atoms with Gasteiger partial charge in [0.1, 0.15) is 11.6 Å². The van der Waals surface area contributed by atoms with Gasteiger partial charge in [0.25, 0.3) is 0 Å². The van der Waals surface area contributed by atoms with Crippen LogP contribution in [-0.4, -0.2) is 77.5 Å². The molecule has 0 aromatic heterocycles. The van der Waals surface area contributed by atoms with Crippen molar-refractivity contribution in [2.45, 2.75) is 76.2 Å². The first-order chi connectivity index (χ1) is 19.3. The number of anilines is 1. The Labute approximate surface area is 241 Å². The molecule has 1 saturated carbocycles. The number of benzene rings is 1. The largest absolute Gasteiger partial charge is 0.359 e. The van der Waals surface area contributed by atoms with Gasteiger partial charge in [-0.05, 0) is 75.4 Å². The summed E-state index contributed by atoms with van der Waals surface area (Å²) < 4.78 is 6.50. The number of carbonyl (C=O) groups is 3. The first kappa shape index (κ1) is 27.7. The maximum atomic E-state index is 14.2. The van der Waals surface area contributed by atoms with Crippen LogP contribution in [0.15, 0.2) is 36.4 Å². The van der Waals surface area contributed by atoms with Crippen molar-refractivity contribution in [1.82, 2.24) is 15.1 Å². The zero-order chi connectivity index (χ0) is 28.0. The lowest BCUT2D eigenvalue weighted by atomic mass is 9.73. The van der Waals surface area contributed by atoms with Crippen molar-refractivity contribution in [2.24, 2.45) is 23.7 Å². The molecule has 216 valence electrons. The second-order valence-corrected chi connectivity index (χ2v) is 13.0. The van der Waals surface area contributed by atoms with Crippen LogP contribution in [0.4, 0.5) is 5.69 Å². The molecule has 9 heteroatoms. The molecule has 8 nitrogen and oxygen atoms in total. The van der Waals surface area contributed by atoms with E-state index in [1.54, 1.807) is 29.2 Å². The zero-order valence-corrected chi connectivity index (χ0v) is 24.2. The highest BCUT2D eigenvalue weighted by molar-refractivity contribution is 6.30. The SMILES string of the molecule is C[C@H]1[C@H](C)CCC[C@@H]1NC(=O)[C@@H]1N(CCCN2CCCC2)C(=O)[C@H]2[C@H](C(=O)Nc3cccc(Cl)c3)[C@H]3C=C[C@@]12O3. The number of hydrogen-bond acceptors (Lipinski definition) is 5. The fourth-order valence-corrected chi connectivity index (χ4v) is 8.01. The van der Waals surface area contributed by atoms with E-state index in [0.717, 1.165) is 38.9 Å². The second-order valence-electron chi connectivity index (χ2n) is 12.5. The topological polar surface area (TPSA) is 91.0 Å². The Kier molecular flexibility index (Phi) is 7.70. The Balaban J connectivity index is 1.26. The minimum atomic E-state index is -1.14. The summed E-state index contributed by atoms with van der Waals surface area (Å²) in [5, 5.41) is 6.79. The van der Waals surface area contributed by atoms with Gasteiger partial charge in [0.15, 0.2) is 0 Å². The maximum Gasteiger partial charge on any atom is 0.246 e. The average Bonchev–Trinajstić information content (AvgIpc) is 3.70. The van der Waals surface area contributed by atoms with Crippen molar-refractivity contribution in [1.29, 1.82) is 0 Å². The van der Waals surface area contributed by atoms with Gasteiger partial charge in [0.2, 0.25) is 17.7 Å². The molecule has 1 spiro atoms. The number of rotatable bonds is 8. The first-order valence-electron chi connectivity index (χ1n) is 15.1. The van der Waals surface area contributed by atoms with E-state index in [1.165, 1.54) is 19.3 Å². The number of amides is 3. The molecule has 4 aliphatic heterocycles. The van der Waals surface area contributed by atoms with Gasteiger partial charge in [-0.3, -0.25) is 14.4 Å². The predicted molar refractivity (Wildman–Crippen MR) is 154 cm³/mol. The molecule has 6 rings (SSSR count). The molecule has 4 fully saturated rings. The lowest BCUT2D eigenvalue weighted by Crippen LogP contribution is -2.58. The molecule has 8 atom stereocenters. The molecule has 40 heavy (non-hydrogen) atoms. The van der Waals surface area contributed by atoms with Gasteiger partial charge < -0.3 is 25.2 Å². The number of carbonyl (C=O) groups excluding carboxylic acids is 3. The molecule has 1 aromatic carbocycles. The van der Waals surface area contributed by atoms with Crippen LogP contribution in [0.2, 0.25) is 5.02 Å². The van der Waals surface area contributed by atoms with Crippen LogP contribution in [-0.2, 0) is 19.1 Å². The third-order valence-corrected chi connectivity index (χ3v) is 10.4. The normalized spacial score (nSPS) is 36.7. The number of nitrogens with one attached hydrogen (secondary N) is 2. The fraction of sp³-hybridized carbons (Fsp3) is 0.645. The van der Waals surface area contributed by atoms with E-state index in [9.17, 15) is 14.4 Å². The summed E-state index contributed by atoms with van der Waals surface area (Å²) >= 11 is 6.13. The molecule has 1 aliphatic carbocycles. The molecule has 3 amide bonds. The Morgan fingerprint density at radius 3 is 2.67 bits per heavy atom. The summed E-state index contributed by atoms with van der Waals surface area (Å²) in [4.78, 5) is 46.1. The number of ether oxygens (including phenoxy) is 1. The number of halogens is 1. The van der Waals surface area contributed by atoms with Gasteiger partial charge in [-0.2, -0.15) is 0 Å². The summed E-state index contributed by atoms with van der Waals surface area (Å²) in [6.07, 6.45) is 9.59.